The number of fused-ring (bicyclic) bond motifs is 2. The van der Waals surface area contributed by atoms with Gasteiger partial charge >= 0.3 is 12.1 Å². The van der Waals surface area contributed by atoms with E-state index in [2.05, 4.69) is 15.4 Å². The number of anilines is 1. The molecule has 26 heavy (non-hydrogen) atoms. The van der Waals surface area contributed by atoms with Gasteiger partial charge in [-0.15, -0.1) is 0 Å². The van der Waals surface area contributed by atoms with Crippen LogP contribution in [0, 0.1) is 0 Å². The van der Waals surface area contributed by atoms with E-state index < -0.39 is 23.5 Å². The second-order valence-corrected chi connectivity index (χ2v) is 7.31. The minimum atomic E-state index is -1.53. The van der Waals surface area contributed by atoms with E-state index >= 15 is 0 Å². The fourth-order valence-corrected chi connectivity index (χ4v) is 2.91. The van der Waals surface area contributed by atoms with E-state index in [0.29, 0.717) is 5.69 Å². The van der Waals surface area contributed by atoms with Crippen molar-refractivity contribution in [3.8, 4) is 5.69 Å². The first-order valence-corrected chi connectivity index (χ1v) is 8.11. The van der Waals surface area contributed by atoms with E-state index in [1.165, 1.54) is 13.3 Å². The lowest BCUT2D eigenvalue weighted by Gasteiger charge is -2.40. The van der Waals surface area contributed by atoms with Gasteiger partial charge in [0.2, 0.25) is 0 Å². The molecule has 0 radical (unpaired) electrons. The van der Waals surface area contributed by atoms with Crippen molar-refractivity contribution in [3.63, 3.8) is 0 Å². The summed E-state index contributed by atoms with van der Waals surface area (Å²) in [5.41, 5.74) is -0.233. The number of carbonyl (C=O) groups excluding carboxylic acids is 2. The van der Waals surface area contributed by atoms with Gasteiger partial charge in [-0.2, -0.15) is 5.10 Å². The standard InChI is InChI=1S/C17H21N5O4/c1-16(2,3)26-15(24)20-14(23)22-12-5-6-13(21-10-18-9-19-21)11(7-12)8-17(22,4)25/h5-7,9-10,25H,8H2,1-4H3,(H,20,23,24). The Hall–Kier alpha value is -2.94. The van der Waals surface area contributed by atoms with Crippen molar-refractivity contribution in [1.29, 1.82) is 0 Å². The highest BCUT2D eigenvalue weighted by Crippen LogP contribution is 2.35. The van der Waals surface area contributed by atoms with Crippen LogP contribution in [0.25, 0.3) is 5.69 Å². The van der Waals surface area contributed by atoms with Crippen molar-refractivity contribution in [2.75, 3.05) is 4.90 Å². The minimum Gasteiger partial charge on any atom is -0.443 e. The van der Waals surface area contributed by atoms with Gasteiger partial charge < -0.3 is 9.84 Å². The Bertz CT molecular complexity index is 839. The summed E-state index contributed by atoms with van der Waals surface area (Å²) in [6.07, 6.45) is 2.27. The molecule has 3 rings (SSSR count). The molecule has 2 N–H and O–H groups in total. The number of hydrogen-bond donors (Lipinski definition) is 2. The molecule has 2 bridgehead atoms. The molecule has 9 heteroatoms. The Morgan fingerprint density at radius 2 is 2.08 bits per heavy atom. The first-order chi connectivity index (χ1) is 12.1. The second kappa shape index (κ2) is 6.10. The van der Waals surface area contributed by atoms with Crippen LogP contribution in [0.4, 0.5) is 15.3 Å². The van der Waals surface area contributed by atoms with Crippen molar-refractivity contribution in [2.24, 2.45) is 0 Å². The van der Waals surface area contributed by atoms with Crippen molar-refractivity contribution in [2.45, 2.75) is 45.4 Å². The van der Waals surface area contributed by atoms with E-state index in [0.717, 1.165) is 16.2 Å². The summed E-state index contributed by atoms with van der Waals surface area (Å²) in [6, 6.07) is 4.46. The van der Waals surface area contributed by atoms with Gasteiger partial charge in [-0.3, -0.25) is 4.90 Å². The molecular weight excluding hydrogens is 338 g/mol. The van der Waals surface area contributed by atoms with Crippen LogP contribution < -0.4 is 10.2 Å². The fraction of sp³-hybridized carbons (Fsp3) is 0.412. The van der Waals surface area contributed by atoms with Crippen LogP contribution in [-0.4, -0.2) is 43.3 Å². The Morgan fingerprint density at radius 1 is 1.35 bits per heavy atom. The molecule has 1 atom stereocenters. The molecule has 0 saturated heterocycles. The molecule has 1 aromatic heterocycles. The van der Waals surface area contributed by atoms with Crippen molar-refractivity contribution >= 4 is 17.8 Å². The van der Waals surface area contributed by atoms with Gasteiger partial charge in [-0.25, -0.2) is 24.6 Å². The van der Waals surface area contributed by atoms with Crippen LogP contribution in [0.5, 0.6) is 0 Å². The van der Waals surface area contributed by atoms with Crippen LogP contribution in [0.15, 0.2) is 30.9 Å². The number of alkyl carbamates (subject to hydrolysis) is 1. The first kappa shape index (κ1) is 17.9. The SMILES string of the molecule is CC(C)(C)OC(=O)NC(=O)N1c2ccc(-n3cncn3)c(c2)CC1(C)O. The van der Waals surface area contributed by atoms with Gasteiger partial charge in [-0.05, 0) is 51.5 Å². The van der Waals surface area contributed by atoms with E-state index in [1.807, 2.05) is 0 Å². The Labute approximate surface area is 150 Å². The zero-order valence-corrected chi connectivity index (χ0v) is 15.1. The maximum atomic E-state index is 12.6. The Kier molecular flexibility index (Phi) is 4.19. The molecule has 1 aliphatic rings. The van der Waals surface area contributed by atoms with Gasteiger partial charge in [-0.1, -0.05) is 0 Å². The summed E-state index contributed by atoms with van der Waals surface area (Å²) in [7, 11) is 0. The van der Waals surface area contributed by atoms with Gasteiger partial charge in [0.05, 0.1) is 5.69 Å². The average molecular weight is 359 g/mol. The summed E-state index contributed by atoms with van der Waals surface area (Å²) >= 11 is 0. The number of carbonyl (C=O) groups is 2. The highest BCUT2D eigenvalue weighted by Gasteiger charge is 2.40. The number of hydrogen-bond acceptors (Lipinski definition) is 6. The van der Waals surface area contributed by atoms with E-state index in [4.69, 9.17) is 4.74 Å². The van der Waals surface area contributed by atoms with E-state index in [-0.39, 0.29) is 6.42 Å². The lowest BCUT2D eigenvalue weighted by molar-refractivity contribution is 0.0499. The fourth-order valence-electron chi connectivity index (χ4n) is 2.91. The molecule has 9 nitrogen and oxygen atoms in total. The van der Waals surface area contributed by atoms with Gasteiger partial charge in [0.1, 0.15) is 24.0 Å². The monoisotopic (exact) mass is 359 g/mol. The van der Waals surface area contributed by atoms with Gasteiger partial charge in [0, 0.05) is 12.1 Å². The summed E-state index contributed by atoms with van der Waals surface area (Å²) in [6.45, 7) is 6.60. The number of rotatable bonds is 1. The first-order valence-electron chi connectivity index (χ1n) is 8.11. The molecule has 1 unspecified atom stereocenters. The molecular formula is C17H21N5O4. The molecule has 2 aromatic rings. The molecule has 0 spiro atoms. The molecule has 0 saturated carbocycles. The molecule has 3 amide bonds. The number of urea groups is 1. The highest BCUT2D eigenvalue weighted by molar-refractivity contribution is 6.02. The normalized spacial score (nSPS) is 19.2. The summed E-state index contributed by atoms with van der Waals surface area (Å²) < 4.78 is 6.68. The number of nitrogens with one attached hydrogen (secondary N) is 1. The minimum absolute atomic E-state index is 0.164. The topological polar surface area (TPSA) is 110 Å². The number of nitrogens with zero attached hydrogens (tertiary/aromatic N) is 4. The average Bonchev–Trinajstić information content (AvgIpc) is 2.97. The smallest absolute Gasteiger partial charge is 0.415 e. The van der Waals surface area contributed by atoms with Crippen molar-refractivity contribution in [3.05, 3.63) is 36.4 Å². The summed E-state index contributed by atoms with van der Waals surface area (Å²) in [4.78, 5) is 29.5. The second-order valence-electron chi connectivity index (χ2n) is 7.31. The highest BCUT2D eigenvalue weighted by atomic mass is 16.6. The summed E-state index contributed by atoms with van der Waals surface area (Å²) in [5, 5.41) is 17.1. The quantitative estimate of drug-likeness (QED) is 0.806. The van der Waals surface area contributed by atoms with Gasteiger partial charge in [0.15, 0.2) is 0 Å². The lowest BCUT2D eigenvalue weighted by Crippen LogP contribution is -2.58. The third-order valence-corrected chi connectivity index (χ3v) is 3.80. The van der Waals surface area contributed by atoms with Crippen LogP contribution >= 0.6 is 0 Å². The van der Waals surface area contributed by atoms with Crippen LogP contribution in [-0.2, 0) is 11.2 Å². The number of aliphatic hydroxyl groups is 1. The predicted octanol–water partition coefficient (Wildman–Crippen LogP) is 1.98. The van der Waals surface area contributed by atoms with Crippen LogP contribution in [0.3, 0.4) is 0 Å². The number of aromatic nitrogens is 3. The zero-order chi connectivity index (χ0) is 19.1. The Balaban J connectivity index is 1.86. The van der Waals surface area contributed by atoms with E-state index in [1.54, 1.807) is 50.0 Å². The van der Waals surface area contributed by atoms with E-state index in [9.17, 15) is 14.7 Å². The Morgan fingerprint density at radius 3 is 2.69 bits per heavy atom. The van der Waals surface area contributed by atoms with Crippen molar-refractivity contribution < 1.29 is 19.4 Å². The third-order valence-electron chi connectivity index (χ3n) is 3.80. The molecule has 1 aromatic carbocycles. The van der Waals surface area contributed by atoms with Gasteiger partial charge in [0.25, 0.3) is 0 Å². The maximum Gasteiger partial charge on any atom is 0.415 e. The number of ether oxygens (including phenoxy) is 1. The van der Waals surface area contributed by atoms with Crippen LogP contribution in [0.2, 0.25) is 0 Å². The molecule has 138 valence electrons. The largest absolute Gasteiger partial charge is 0.443 e. The molecule has 2 heterocycles. The number of imide groups is 1. The third kappa shape index (κ3) is 3.52. The molecule has 0 aliphatic carbocycles. The molecule has 1 aliphatic heterocycles. The summed E-state index contributed by atoms with van der Waals surface area (Å²) in [5.74, 6) is 0. The lowest BCUT2D eigenvalue weighted by atomic mass is 9.95. The number of amides is 3. The predicted molar refractivity (Wildman–Crippen MR) is 92.9 cm³/mol. The number of benzene rings is 1. The maximum absolute atomic E-state index is 12.6. The van der Waals surface area contributed by atoms with Crippen molar-refractivity contribution in [1.82, 2.24) is 20.1 Å². The van der Waals surface area contributed by atoms with Crippen LogP contribution in [0.1, 0.15) is 33.3 Å². The molecule has 0 fully saturated rings. The zero-order valence-electron chi connectivity index (χ0n) is 15.1.